The van der Waals surface area contributed by atoms with Gasteiger partial charge in [0.25, 0.3) is 0 Å². The number of carboxylic acids is 2. The van der Waals surface area contributed by atoms with E-state index < -0.39 is 40.5 Å². The van der Waals surface area contributed by atoms with Crippen LogP contribution in [0.5, 0.6) is 0 Å². The molecule has 1 fully saturated rings. The first-order valence-electron chi connectivity index (χ1n) is 6.06. The summed E-state index contributed by atoms with van der Waals surface area (Å²) in [4.78, 5) is 34.5. The van der Waals surface area contributed by atoms with Gasteiger partial charge in [0.1, 0.15) is 6.04 Å². The average molecular weight is 323 g/mol. The number of rotatable bonds is 5. The lowest BCUT2D eigenvalue weighted by molar-refractivity contribution is -0.145. The Morgan fingerprint density at radius 3 is 2.05 bits per heavy atom. The second-order valence-corrected chi connectivity index (χ2v) is 6.57. The Labute approximate surface area is 121 Å². The molecule has 1 aliphatic rings. The molecule has 0 spiro atoms. The van der Waals surface area contributed by atoms with Crippen LogP contribution in [0.1, 0.15) is 6.42 Å². The van der Waals surface area contributed by atoms with Gasteiger partial charge in [-0.2, -0.15) is 4.31 Å². The van der Waals surface area contributed by atoms with Gasteiger partial charge in [0.15, 0.2) is 0 Å². The molecule has 1 saturated heterocycles. The van der Waals surface area contributed by atoms with Crippen molar-refractivity contribution >= 4 is 28.0 Å². The van der Waals surface area contributed by atoms with Crippen molar-refractivity contribution in [3.63, 3.8) is 0 Å². The van der Waals surface area contributed by atoms with Crippen molar-refractivity contribution in [1.82, 2.24) is 14.5 Å². The van der Waals surface area contributed by atoms with E-state index >= 15 is 0 Å². The highest BCUT2D eigenvalue weighted by Gasteiger charge is 2.29. The lowest BCUT2D eigenvalue weighted by Gasteiger charge is -2.33. The first kappa shape index (κ1) is 17.2. The zero-order valence-electron chi connectivity index (χ0n) is 11.4. The summed E-state index contributed by atoms with van der Waals surface area (Å²) in [6.45, 7) is 0.447. The van der Waals surface area contributed by atoms with Crippen molar-refractivity contribution in [2.45, 2.75) is 12.5 Å². The first-order valence-corrected chi connectivity index (χ1v) is 7.91. The molecule has 2 amide bonds. The average Bonchev–Trinajstić information content (AvgIpc) is 2.36. The summed E-state index contributed by atoms with van der Waals surface area (Å²) in [6.07, 6.45) is 0.334. The molecule has 0 aromatic heterocycles. The molecule has 0 aromatic carbocycles. The third kappa shape index (κ3) is 5.19. The summed E-state index contributed by atoms with van der Waals surface area (Å²) in [7, 11) is -3.32. The van der Waals surface area contributed by atoms with E-state index in [9.17, 15) is 22.8 Å². The van der Waals surface area contributed by atoms with Crippen molar-refractivity contribution in [3.05, 3.63) is 0 Å². The number of nitrogens with zero attached hydrogens (tertiary/aromatic N) is 2. The predicted octanol–water partition coefficient (Wildman–Crippen LogP) is -1.80. The van der Waals surface area contributed by atoms with Crippen molar-refractivity contribution in [3.8, 4) is 0 Å². The van der Waals surface area contributed by atoms with Gasteiger partial charge in [0, 0.05) is 26.2 Å². The molecule has 1 atom stereocenters. The van der Waals surface area contributed by atoms with E-state index in [-0.39, 0.29) is 26.2 Å². The molecule has 120 valence electrons. The normalized spacial score (nSPS) is 18.0. The lowest BCUT2D eigenvalue weighted by Crippen LogP contribution is -2.55. The van der Waals surface area contributed by atoms with Gasteiger partial charge < -0.3 is 20.4 Å². The van der Waals surface area contributed by atoms with Crippen molar-refractivity contribution in [2.24, 2.45) is 0 Å². The van der Waals surface area contributed by atoms with Crippen LogP contribution < -0.4 is 5.32 Å². The highest BCUT2D eigenvalue weighted by Crippen LogP contribution is 2.06. The number of amides is 2. The zero-order valence-corrected chi connectivity index (χ0v) is 12.2. The molecule has 0 aromatic rings. The standard InChI is InChI=1S/C10H17N3O7S/c1-21(19,20)13-4-2-12(3-5-13)10(18)11-7(9(16)17)6-8(14)15/h7H,2-6H2,1H3,(H,11,18)(H,14,15)(H,16,17)/t7-/m0/s1. The molecule has 0 bridgehead atoms. The number of carbonyl (C=O) groups is 3. The number of aliphatic carboxylic acids is 2. The number of urea groups is 1. The van der Waals surface area contributed by atoms with Gasteiger partial charge in [-0.15, -0.1) is 0 Å². The molecular weight excluding hydrogens is 306 g/mol. The largest absolute Gasteiger partial charge is 0.481 e. The molecule has 11 heteroatoms. The van der Waals surface area contributed by atoms with Gasteiger partial charge in [-0.05, 0) is 0 Å². The van der Waals surface area contributed by atoms with Crippen LogP contribution in [0.25, 0.3) is 0 Å². The Kier molecular flexibility index (Phi) is 5.49. The fraction of sp³-hybridized carbons (Fsp3) is 0.700. The van der Waals surface area contributed by atoms with Gasteiger partial charge >= 0.3 is 18.0 Å². The van der Waals surface area contributed by atoms with Gasteiger partial charge in [0.05, 0.1) is 12.7 Å². The van der Waals surface area contributed by atoms with Crippen molar-refractivity contribution in [1.29, 1.82) is 0 Å². The molecule has 0 aliphatic carbocycles. The molecule has 21 heavy (non-hydrogen) atoms. The Morgan fingerprint density at radius 2 is 1.67 bits per heavy atom. The number of hydrogen-bond donors (Lipinski definition) is 3. The van der Waals surface area contributed by atoms with Crippen molar-refractivity contribution < 1.29 is 33.0 Å². The van der Waals surface area contributed by atoms with E-state index in [1.54, 1.807) is 0 Å². The topological polar surface area (TPSA) is 144 Å². The number of piperazine rings is 1. The monoisotopic (exact) mass is 323 g/mol. The van der Waals surface area contributed by atoms with Crippen LogP contribution in [-0.4, -0.2) is 84.3 Å². The van der Waals surface area contributed by atoms with E-state index in [1.165, 1.54) is 9.21 Å². The predicted molar refractivity (Wildman–Crippen MR) is 70.2 cm³/mol. The van der Waals surface area contributed by atoms with E-state index in [1.807, 2.05) is 0 Å². The third-order valence-electron chi connectivity index (χ3n) is 2.97. The molecule has 0 radical (unpaired) electrons. The number of carbonyl (C=O) groups excluding carboxylic acids is 1. The van der Waals surface area contributed by atoms with Crippen LogP contribution in [0.3, 0.4) is 0 Å². The number of sulfonamides is 1. The summed E-state index contributed by atoms with van der Waals surface area (Å²) in [6, 6.07) is -2.25. The maximum Gasteiger partial charge on any atom is 0.326 e. The van der Waals surface area contributed by atoms with Gasteiger partial charge in [-0.25, -0.2) is 18.0 Å². The van der Waals surface area contributed by atoms with Gasteiger partial charge in [0.2, 0.25) is 10.0 Å². The zero-order chi connectivity index (χ0) is 16.2. The van der Waals surface area contributed by atoms with E-state index in [2.05, 4.69) is 5.32 Å². The minimum absolute atomic E-state index is 0.109. The highest BCUT2D eigenvalue weighted by molar-refractivity contribution is 7.88. The Balaban J connectivity index is 2.57. The molecule has 1 aliphatic heterocycles. The fourth-order valence-corrected chi connectivity index (χ4v) is 2.66. The summed E-state index contributed by atoms with van der Waals surface area (Å²) >= 11 is 0. The van der Waals surface area contributed by atoms with Gasteiger partial charge in [-0.1, -0.05) is 0 Å². The molecule has 3 N–H and O–H groups in total. The van der Waals surface area contributed by atoms with Crippen LogP contribution in [0.4, 0.5) is 4.79 Å². The molecular formula is C10H17N3O7S. The van der Waals surface area contributed by atoms with Crippen molar-refractivity contribution in [2.75, 3.05) is 32.4 Å². The smallest absolute Gasteiger partial charge is 0.326 e. The highest BCUT2D eigenvalue weighted by atomic mass is 32.2. The van der Waals surface area contributed by atoms with E-state index in [0.717, 1.165) is 6.26 Å². The Morgan fingerprint density at radius 1 is 1.14 bits per heavy atom. The quantitative estimate of drug-likeness (QED) is 0.541. The Bertz CT molecular complexity index is 525. The second kappa shape index (κ2) is 6.72. The SMILES string of the molecule is CS(=O)(=O)N1CCN(C(=O)N[C@@H](CC(=O)O)C(=O)O)CC1. The first-order chi connectivity index (χ1) is 9.61. The summed E-state index contributed by atoms with van der Waals surface area (Å²) < 4.78 is 23.8. The van der Waals surface area contributed by atoms with E-state index in [0.29, 0.717) is 0 Å². The van der Waals surface area contributed by atoms with Crippen LogP contribution in [0.15, 0.2) is 0 Å². The summed E-state index contributed by atoms with van der Waals surface area (Å²) in [5.74, 6) is -2.79. The van der Waals surface area contributed by atoms with Crippen LogP contribution in [0.2, 0.25) is 0 Å². The van der Waals surface area contributed by atoms with Crippen LogP contribution >= 0.6 is 0 Å². The molecule has 1 rings (SSSR count). The number of hydrogen-bond acceptors (Lipinski definition) is 5. The Hall–Kier alpha value is -1.88. The molecule has 10 nitrogen and oxygen atoms in total. The summed E-state index contributed by atoms with van der Waals surface area (Å²) in [5.41, 5.74) is 0. The number of carboxylic acid groups (broad SMARTS) is 2. The van der Waals surface area contributed by atoms with E-state index in [4.69, 9.17) is 10.2 Å². The maximum atomic E-state index is 11.8. The molecule has 0 unspecified atom stereocenters. The van der Waals surface area contributed by atoms with Crippen LogP contribution in [-0.2, 0) is 19.6 Å². The van der Waals surface area contributed by atoms with Gasteiger partial charge in [-0.3, -0.25) is 4.79 Å². The number of nitrogens with one attached hydrogen (secondary N) is 1. The molecule has 1 heterocycles. The summed E-state index contributed by atoms with van der Waals surface area (Å²) in [5, 5.41) is 19.5. The second-order valence-electron chi connectivity index (χ2n) is 4.59. The minimum atomic E-state index is -3.32. The maximum absolute atomic E-state index is 11.8. The molecule has 0 saturated carbocycles. The minimum Gasteiger partial charge on any atom is -0.481 e. The fourth-order valence-electron chi connectivity index (χ4n) is 1.84. The lowest BCUT2D eigenvalue weighted by atomic mass is 10.2. The van der Waals surface area contributed by atoms with Crippen LogP contribution in [0, 0.1) is 0 Å². The third-order valence-corrected chi connectivity index (χ3v) is 4.27.